The lowest BCUT2D eigenvalue weighted by Crippen LogP contribution is -2.44. The average molecular weight is 394 g/mol. The van der Waals surface area contributed by atoms with E-state index in [1.807, 2.05) is 17.9 Å². The van der Waals surface area contributed by atoms with E-state index in [0.717, 1.165) is 39.4 Å². The minimum Gasteiger partial charge on any atom is -0.380 e. The molecule has 1 aliphatic heterocycles. The third-order valence-electron chi connectivity index (χ3n) is 4.58. The minimum absolute atomic E-state index is 0.240. The molecule has 3 aromatic rings. The van der Waals surface area contributed by atoms with E-state index in [-0.39, 0.29) is 11.3 Å². The Kier molecular flexibility index (Phi) is 4.83. The largest absolute Gasteiger partial charge is 0.380 e. The molecule has 4 heterocycles. The highest BCUT2D eigenvalue weighted by Gasteiger charge is 2.26. The van der Waals surface area contributed by atoms with Crippen LogP contribution in [-0.4, -0.2) is 52.7 Å². The van der Waals surface area contributed by atoms with Gasteiger partial charge in [0.15, 0.2) is 5.82 Å². The zero-order valence-corrected chi connectivity index (χ0v) is 16.5. The van der Waals surface area contributed by atoms with Crippen molar-refractivity contribution < 1.29 is 9.47 Å². The molecule has 0 bridgehead atoms. The van der Waals surface area contributed by atoms with Crippen LogP contribution in [0.3, 0.4) is 0 Å². The smallest absolute Gasteiger partial charge is 0.224 e. The monoisotopic (exact) mass is 393 g/mol. The van der Waals surface area contributed by atoms with Gasteiger partial charge in [-0.2, -0.15) is 10.1 Å². The van der Waals surface area contributed by atoms with Crippen LogP contribution in [0.25, 0.3) is 21.5 Å². The van der Waals surface area contributed by atoms with Gasteiger partial charge in [0.05, 0.1) is 48.0 Å². The van der Waals surface area contributed by atoms with Crippen LogP contribution < -0.4 is 4.90 Å². The molecule has 1 atom stereocenters. The van der Waals surface area contributed by atoms with E-state index in [2.05, 4.69) is 32.3 Å². The number of aryl methyl sites for hydroxylation is 1. The molecule has 0 N–H and O–H groups in total. The van der Waals surface area contributed by atoms with Gasteiger partial charge < -0.3 is 14.4 Å². The van der Waals surface area contributed by atoms with Crippen molar-refractivity contribution in [2.45, 2.75) is 19.6 Å². The second-order valence-electron chi connectivity index (χ2n) is 6.34. The number of morpholine rings is 1. The quantitative estimate of drug-likeness (QED) is 0.634. The molecule has 0 aromatic carbocycles. The maximum atomic E-state index is 6.30. The lowest BCUT2D eigenvalue weighted by molar-refractivity contribution is 0.0987. The number of nitrogens with zero attached hydrogens (tertiary/aromatic N) is 5. The molecule has 4 rings (SSSR count). The maximum Gasteiger partial charge on any atom is 0.224 e. The Morgan fingerprint density at radius 3 is 3.04 bits per heavy atom. The molecular weight excluding hydrogens is 374 g/mol. The van der Waals surface area contributed by atoms with Crippen LogP contribution in [0.15, 0.2) is 11.6 Å². The van der Waals surface area contributed by atoms with Crippen molar-refractivity contribution in [2.75, 3.05) is 31.8 Å². The van der Waals surface area contributed by atoms with Gasteiger partial charge in [0.1, 0.15) is 0 Å². The van der Waals surface area contributed by atoms with Crippen molar-refractivity contribution >= 4 is 39.0 Å². The molecule has 1 aliphatic rings. The second-order valence-corrected chi connectivity index (χ2v) is 7.55. The second kappa shape index (κ2) is 7.11. The molecule has 0 unspecified atom stereocenters. The number of hydrogen-bond acceptors (Lipinski definition) is 7. The van der Waals surface area contributed by atoms with E-state index in [1.165, 1.54) is 0 Å². The van der Waals surface area contributed by atoms with Gasteiger partial charge in [0, 0.05) is 37.2 Å². The van der Waals surface area contributed by atoms with Crippen LogP contribution in [-0.2, 0) is 23.1 Å². The van der Waals surface area contributed by atoms with Gasteiger partial charge in [0.2, 0.25) is 5.28 Å². The molecule has 1 fully saturated rings. The molecule has 9 heteroatoms. The summed E-state index contributed by atoms with van der Waals surface area (Å²) < 4.78 is 13.8. The van der Waals surface area contributed by atoms with Crippen molar-refractivity contribution in [2.24, 2.45) is 7.05 Å². The summed E-state index contributed by atoms with van der Waals surface area (Å²) in [5.74, 6) is 0.877. The Balaban J connectivity index is 1.88. The van der Waals surface area contributed by atoms with Gasteiger partial charge in [-0.15, -0.1) is 11.3 Å². The highest BCUT2D eigenvalue weighted by molar-refractivity contribution is 7.18. The number of halogens is 1. The van der Waals surface area contributed by atoms with Crippen molar-refractivity contribution in [3.8, 4) is 11.3 Å². The van der Waals surface area contributed by atoms with Gasteiger partial charge in [-0.25, -0.2) is 4.98 Å². The number of ether oxygens (including phenoxy) is 2. The Hall–Kier alpha value is -1.74. The van der Waals surface area contributed by atoms with E-state index >= 15 is 0 Å². The molecule has 26 heavy (non-hydrogen) atoms. The summed E-state index contributed by atoms with van der Waals surface area (Å²) >= 11 is 7.93. The lowest BCUT2D eigenvalue weighted by Gasteiger charge is -2.34. The van der Waals surface area contributed by atoms with Gasteiger partial charge in [-0.3, -0.25) is 4.68 Å². The van der Waals surface area contributed by atoms with Crippen molar-refractivity contribution in [3.63, 3.8) is 0 Å². The van der Waals surface area contributed by atoms with E-state index in [0.29, 0.717) is 19.8 Å². The summed E-state index contributed by atoms with van der Waals surface area (Å²) in [6.45, 7) is 4.78. The standard InChI is InChI=1S/C17H20ClN5O2S/c1-10-7-25-5-4-23(10)16-15-13(20-17(18)21-16)12(9-26-15)14-11(8-24-3)6-19-22(14)2/h6,9-10H,4-5,7-8H2,1-3H3/t10-/m1/s1. The minimum atomic E-state index is 0.240. The van der Waals surface area contributed by atoms with E-state index in [1.54, 1.807) is 18.4 Å². The number of aromatic nitrogens is 4. The molecule has 0 aliphatic carbocycles. The molecule has 3 aromatic heterocycles. The summed E-state index contributed by atoms with van der Waals surface area (Å²) in [7, 11) is 3.60. The molecule has 0 saturated carbocycles. The van der Waals surface area contributed by atoms with E-state index < -0.39 is 0 Å². The third-order valence-corrected chi connectivity index (χ3v) is 5.71. The number of methoxy groups -OCH3 is 1. The lowest BCUT2D eigenvalue weighted by atomic mass is 10.1. The fourth-order valence-corrected chi connectivity index (χ4v) is 4.53. The Bertz CT molecular complexity index is 941. The first-order chi connectivity index (χ1) is 12.6. The van der Waals surface area contributed by atoms with Gasteiger partial charge in [-0.05, 0) is 18.5 Å². The van der Waals surface area contributed by atoms with Crippen LogP contribution in [0.2, 0.25) is 5.28 Å². The molecule has 0 radical (unpaired) electrons. The predicted molar refractivity (Wildman–Crippen MR) is 103 cm³/mol. The molecule has 138 valence electrons. The average Bonchev–Trinajstić information content (AvgIpc) is 3.18. The predicted octanol–water partition coefficient (Wildman–Crippen LogP) is 3.12. The Morgan fingerprint density at radius 2 is 2.27 bits per heavy atom. The first-order valence-electron chi connectivity index (χ1n) is 8.39. The maximum absolute atomic E-state index is 6.30. The first kappa shape index (κ1) is 17.7. The zero-order valence-electron chi connectivity index (χ0n) is 14.9. The number of rotatable bonds is 4. The van der Waals surface area contributed by atoms with E-state index in [9.17, 15) is 0 Å². The Labute approximate surface area is 160 Å². The number of fused-ring (bicyclic) bond motifs is 1. The first-order valence-corrected chi connectivity index (χ1v) is 9.65. The zero-order chi connectivity index (χ0) is 18.3. The van der Waals surface area contributed by atoms with Crippen LogP contribution in [0.1, 0.15) is 12.5 Å². The van der Waals surface area contributed by atoms with Gasteiger partial charge in [-0.1, -0.05) is 0 Å². The molecule has 0 spiro atoms. The summed E-state index contributed by atoms with van der Waals surface area (Å²) in [5.41, 5.74) is 3.87. The summed E-state index contributed by atoms with van der Waals surface area (Å²) in [4.78, 5) is 11.3. The molecular formula is C17H20ClN5O2S. The van der Waals surface area contributed by atoms with Crippen LogP contribution >= 0.6 is 22.9 Å². The fourth-order valence-electron chi connectivity index (χ4n) is 3.37. The topological polar surface area (TPSA) is 65.3 Å². The number of anilines is 1. The van der Waals surface area contributed by atoms with Crippen LogP contribution in [0, 0.1) is 0 Å². The van der Waals surface area contributed by atoms with Gasteiger partial charge >= 0.3 is 0 Å². The van der Waals surface area contributed by atoms with Crippen LogP contribution in [0.5, 0.6) is 0 Å². The molecule has 1 saturated heterocycles. The van der Waals surface area contributed by atoms with Crippen molar-refractivity contribution in [3.05, 3.63) is 22.4 Å². The van der Waals surface area contributed by atoms with E-state index in [4.69, 9.17) is 21.1 Å². The molecule has 7 nitrogen and oxygen atoms in total. The summed E-state index contributed by atoms with van der Waals surface area (Å²) in [6, 6.07) is 0.240. The highest BCUT2D eigenvalue weighted by atomic mass is 35.5. The third kappa shape index (κ3) is 2.96. The van der Waals surface area contributed by atoms with Crippen LogP contribution in [0.4, 0.5) is 5.82 Å². The summed E-state index contributed by atoms with van der Waals surface area (Å²) in [5, 5.41) is 6.73. The summed E-state index contributed by atoms with van der Waals surface area (Å²) in [6.07, 6.45) is 1.83. The Morgan fingerprint density at radius 1 is 1.42 bits per heavy atom. The molecule has 0 amide bonds. The van der Waals surface area contributed by atoms with Crippen molar-refractivity contribution in [1.29, 1.82) is 0 Å². The fraction of sp³-hybridized carbons (Fsp3) is 0.471. The SMILES string of the molecule is COCc1cnn(C)c1-c1csc2c(N3CCOC[C@H]3C)nc(Cl)nc12. The highest BCUT2D eigenvalue weighted by Crippen LogP contribution is 2.39. The van der Waals surface area contributed by atoms with Gasteiger partial charge in [0.25, 0.3) is 0 Å². The number of thiophene rings is 1. The van der Waals surface area contributed by atoms with Crippen molar-refractivity contribution in [1.82, 2.24) is 19.7 Å². The normalized spacial score (nSPS) is 18.0. The number of hydrogen-bond donors (Lipinski definition) is 0.